The van der Waals surface area contributed by atoms with Crippen molar-refractivity contribution in [2.24, 2.45) is 5.92 Å². The number of carbonyl (C=O) groups is 1. The Morgan fingerprint density at radius 2 is 2.00 bits per heavy atom. The van der Waals surface area contributed by atoms with Crippen LogP contribution in [0.25, 0.3) is 0 Å². The first-order valence-electron chi connectivity index (χ1n) is 5.69. The van der Waals surface area contributed by atoms with Crippen LogP contribution in [-0.2, 0) is 4.74 Å². The summed E-state index contributed by atoms with van der Waals surface area (Å²) in [6.07, 6.45) is 3.54. The van der Waals surface area contributed by atoms with Crippen molar-refractivity contribution in [2.75, 3.05) is 0 Å². The van der Waals surface area contributed by atoms with E-state index in [4.69, 9.17) is 16.3 Å². The minimum Gasteiger partial charge on any atom is -0.374 e. The van der Waals surface area contributed by atoms with Gasteiger partial charge in [0.25, 0.3) is 0 Å². The van der Waals surface area contributed by atoms with Crippen molar-refractivity contribution in [3.63, 3.8) is 0 Å². The first-order valence-corrected chi connectivity index (χ1v) is 6.07. The van der Waals surface area contributed by atoms with E-state index in [1.54, 1.807) is 24.3 Å². The molecule has 3 atom stereocenters. The highest BCUT2D eigenvalue weighted by molar-refractivity contribution is 6.30. The van der Waals surface area contributed by atoms with Gasteiger partial charge in [0.15, 0.2) is 5.78 Å². The molecule has 3 unspecified atom stereocenters. The molecule has 0 aliphatic carbocycles. The van der Waals surface area contributed by atoms with Gasteiger partial charge in [0.2, 0.25) is 0 Å². The normalized spacial score (nSPS) is 31.9. The molecule has 2 fully saturated rings. The fourth-order valence-electron chi connectivity index (χ4n) is 2.74. The fourth-order valence-corrected chi connectivity index (χ4v) is 2.87. The molecule has 0 spiro atoms. The molecule has 1 aromatic rings. The molecule has 3 rings (SSSR count). The van der Waals surface area contributed by atoms with E-state index in [9.17, 15) is 4.79 Å². The summed E-state index contributed by atoms with van der Waals surface area (Å²) in [7, 11) is 0. The Balaban J connectivity index is 1.80. The molecule has 2 bridgehead atoms. The van der Waals surface area contributed by atoms with Gasteiger partial charge in [0, 0.05) is 10.6 Å². The number of Topliss-reactive ketones (excluding diaryl/α,β-unsaturated/α-hetero) is 1. The van der Waals surface area contributed by atoms with Gasteiger partial charge in [0.1, 0.15) is 0 Å². The highest BCUT2D eigenvalue weighted by Crippen LogP contribution is 2.40. The van der Waals surface area contributed by atoms with E-state index in [0.29, 0.717) is 11.1 Å². The Morgan fingerprint density at radius 1 is 1.25 bits per heavy atom. The highest BCUT2D eigenvalue weighted by atomic mass is 35.5. The number of fused-ring (bicyclic) bond motifs is 2. The maximum atomic E-state index is 12.2. The minimum absolute atomic E-state index is 0.0694. The summed E-state index contributed by atoms with van der Waals surface area (Å²) in [5, 5.41) is 0.667. The number of halogens is 1. The first kappa shape index (κ1) is 10.3. The lowest BCUT2D eigenvalue weighted by atomic mass is 9.84. The van der Waals surface area contributed by atoms with Crippen LogP contribution >= 0.6 is 11.6 Å². The van der Waals surface area contributed by atoms with Gasteiger partial charge in [-0.05, 0) is 43.5 Å². The molecule has 0 saturated carbocycles. The summed E-state index contributed by atoms with van der Waals surface area (Å²) in [6, 6.07) is 7.14. The van der Waals surface area contributed by atoms with Crippen molar-refractivity contribution in [1.82, 2.24) is 0 Å². The van der Waals surface area contributed by atoms with Crippen molar-refractivity contribution < 1.29 is 9.53 Å². The van der Waals surface area contributed by atoms with Gasteiger partial charge in [-0.3, -0.25) is 4.79 Å². The number of hydrogen-bond acceptors (Lipinski definition) is 2. The number of hydrogen-bond donors (Lipinski definition) is 0. The van der Waals surface area contributed by atoms with Gasteiger partial charge >= 0.3 is 0 Å². The zero-order valence-electron chi connectivity index (χ0n) is 8.86. The predicted molar refractivity (Wildman–Crippen MR) is 61.8 cm³/mol. The van der Waals surface area contributed by atoms with Crippen LogP contribution in [0.5, 0.6) is 0 Å². The SMILES string of the molecule is O=C(c1ccc(Cl)cc1)C1CC2CCC1O2. The van der Waals surface area contributed by atoms with E-state index in [2.05, 4.69) is 0 Å². The average molecular weight is 237 g/mol. The van der Waals surface area contributed by atoms with Crippen molar-refractivity contribution in [3.05, 3.63) is 34.9 Å². The second-order valence-corrected chi connectivity index (χ2v) is 5.02. The Kier molecular flexibility index (Phi) is 2.49. The van der Waals surface area contributed by atoms with Crippen LogP contribution in [0.2, 0.25) is 5.02 Å². The smallest absolute Gasteiger partial charge is 0.168 e. The summed E-state index contributed by atoms with van der Waals surface area (Å²) < 4.78 is 5.70. The van der Waals surface area contributed by atoms with Gasteiger partial charge in [-0.1, -0.05) is 11.6 Å². The van der Waals surface area contributed by atoms with E-state index < -0.39 is 0 Å². The third-order valence-corrected chi connectivity index (χ3v) is 3.82. The number of ether oxygens (including phenoxy) is 1. The third-order valence-electron chi connectivity index (χ3n) is 3.57. The highest BCUT2D eigenvalue weighted by Gasteiger charge is 2.44. The van der Waals surface area contributed by atoms with Crippen molar-refractivity contribution in [1.29, 1.82) is 0 Å². The second-order valence-electron chi connectivity index (χ2n) is 4.59. The monoisotopic (exact) mass is 236 g/mol. The fraction of sp³-hybridized carbons (Fsp3) is 0.462. The molecule has 0 N–H and O–H groups in total. The van der Waals surface area contributed by atoms with Crippen LogP contribution in [0.4, 0.5) is 0 Å². The van der Waals surface area contributed by atoms with Gasteiger partial charge < -0.3 is 4.74 Å². The molecular formula is C13H13ClO2. The number of benzene rings is 1. The molecule has 16 heavy (non-hydrogen) atoms. The van der Waals surface area contributed by atoms with E-state index >= 15 is 0 Å². The summed E-state index contributed by atoms with van der Waals surface area (Å²) >= 11 is 5.80. The van der Waals surface area contributed by atoms with Crippen molar-refractivity contribution >= 4 is 17.4 Å². The van der Waals surface area contributed by atoms with Crippen molar-refractivity contribution in [3.8, 4) is 0 Å². The summed E-state index contributed by atoms with van der Waals surface area (Å²) in [4.78, 5) is 12.2. The number of ketones is 1. The van der Waals surface area contributed by atoms with Gasteiger partial charge in [-0.25, -0.2) is 0 Å². The summed E-state index contributed by atoms with van der Waals surface area (Å²) in [6.45, 7) is 0. The topological polar surface area (TPSA) is 26.3 Å². The summed E-state index contributed by atoms with van der Waals surface area (Å²) in [5.74, 6) is 0.281. The Morgan fingerprint density at radius 3 is 2.56 bits per heavy atom. The Labute approximate surface area is 99.6 Å². The minimum atomic E-state index is 0.0694. The largest absolute Gasteiger partial charge is 0.374 e. The molecule has 0 radical (unpaired) electrons. The van der Waals surface area contributed by atoms with Crippen LogP contribution in [0.15, 0.2) is 24.3 Å². The van der Waals surface area contributed by atoms with Gasteiger partial charge in [-0.15, -0.1) is 0 Å². The zero-order chi connectivity index (χ0) is 11.1. The van der Waals surface area contributed by atoms with Crippen LogP contribution < -0.4 is 0 Å². The van der Waals surface area contributed by atoms with Crippen LogP contribution in [0, 0.1) is 5.92 Å². The predicted octanol–water partition coefficient (Wildman–Crippen LogP) is 3.09. The lowest BCUT2D eigenvalue weighted by Crippen LogP contribution is -2.25. The second kappa shape index (κ2) is 3.86. The van der Waals surface area contributed by atoms with E-state index in [1.807, 2.05) is 0 Å². The number of rotatable bonds is 2. The molecule has 2 aliphatic rings. The molecule has 2 heterocycles. The lowest BCUT2D eigenvalue weighted by Gasteiger charge is -2.17. The molecule has 2 saturated heterocycles. The third kappa shape index (κ3) is 1.66. The molecular weight excluding hydrogens is 224 g/mol. The molecule has 0 amide bonds. The molecule has 2 nitrogen and oxygen atoms in total. The van der Waals surface area contributed by atoms with E-state index in [1.165, 1.54) is 0 Å². The maximum Gasteiger partial charge on any atom is 0.168 e. The van der Waals surface area contributed by atoms with Crippen LogP contribution in [0.1, 0.15) is 29.6 Å². The van der Waals surface area contributed by atoms with Gasteiger partial charge in [-0.2, -0.15) is 0 Å². The Bertz CT molecular complexity index is 412. The maximum absolute atomic E-state index is 12.2. The summed E-state index contributed by atoms with van der Waals surface area (Å²) in [5.41, 5.74) is 0.755. The first-order chi connectivity index (χ1) is 7.74. The van der Waals surface area contributed by atoms with E-state index in [0.717, 1.165) is 24.8 Å². The standard InChI is InChI=1S/C13H13ClO2/c14-9-3-1-8(2-4-9)13(15)11-7-10-5-6-12(11)16-10/h1-4,10-12H,5-7H2. The van der Waals surface area contributed by atoms with Gasteiger partial charge in [0.05, 0.1) is 18.1 Å². The molecule has 1 aromatic carbocycles. The zero-order valence-corrected chi connectivity index (χ0v) is 9.61. The van der Waals surface area contributed by atoms with Crippen LogP contribution in [-0.4, -0.2) is 18.0 Å². The molecule has 2 aliphatic heterocycles. The lowest BCUT2D eigenvalue weighted by molar-refractivity contribution is 0.0743. The van der Waals surface area contributed by atoms with E-state index in [-0.39, 0.29) is 17.8 Å². The quantitative estimate of drug-likeness (QED) is 0.738. The van der Waals surface area contributed by atoms with Crippen molar-refractivity contribution in [2.45, 2.75) is 31.5 Å². The number of carbonyl (C=O) groups excluding carboxylic acids is 1. The van der Waals surface area contributed by atoms with Crippen LogP contribution in [0.3, 0.4) is 0 Å². The average Bonchev–Trinajstić information content (AvgIpc) is 2.91. The molecule has 0 aromatic heterocycles. The molecule has 3 heteroatoms. The Hall–Kier alpha value is -0.860. The molecule has 84 valence electrons.